The third kappa shape index (κ3) is 3.53. The average molecular weight is 294 g/mol. The Labute approximate surface area is 121 Å². The topological polar surface area (TPSA) is 95.6 Å². The summed E-state index contributed by atoms with van der Waals surface area (Å²) in [7, 11) is 0. The highest BCUT2D eigenvalue weighted by atomic mass is 32.1. The number of hydrogen-bond acceptors (Lipinski definition) is 5. The summed E-state index contributed by atoms with van der Waals surface area (Å²) < 4.78 is 4.24. The normalized spacial score (nSPS) is 11.4. The Kier molecular flexibility index (Phi) is 4.03. The van der Waals surface area contributed by atoms with Gasteiger partial charge in [-0.1, -0.05) is 20.8 Å². The predicted octanol–water partition coefficient (Wildman–Crippen LogP) is 2.19. The van der Waals surface area contributed by atoms with Crippen molar-refractivity contribution in [3.05, 3.63) is 23.3 Å². The lowest BCUT2D eigenvalue weighted by Gasteiger charge is -2.12. The number of nitrogens with zero attached hydrogens (tertiary/aromatic N) is 3. The standard InChI is InChI=1S/C12H18N6OS/c1-7-8(6-14-17-7)5-13-10(19)16-11-15-9(18-20-11)12(2,3)4/h6H,5H2,1-4H3,(H,14,17)(H2,13,15,16,18,19). The van der Waals surface area contributed by atoms with Gasteiger partial charge in [0.25, 0.3) is 0 Å². The van der Waals surface area contributed by atoms with E-state index in [1.165, 1.54) is 11.5 Å². The van der Waals surface area contributed by atoms with Crippen LogP contribution in [-0.4, -0.2) is 25.6 Å². The molecule has 0 aliphatic carbocycles. The molecule has 0 atom stereocenters. The first-order valence-corrected chi connectivity index (χ1v) is 7.01. The molecule has 3 N–H and O–H groups in total. The number of urea groups is 1. The van der Waals surface area contributed by atoms with E-state index in [2.05, 4.69) is 30.2 Å². The molecular formula is C12H18N6OS. The maximum atomic E-state index is 11.8. The lowest BCUT2D eigenvalue weighted by atomic mass is 9.96. The second-order valence-corrected chi connectivity index (χ2v) is 6.25. The molecule has 0 unspecified atom stereocenters. The van der Waals surface area contributed by atoms with E-state index in [9.17, 15) is 4.79 Å². The van der Waals surface area contributed by atoms with Gasteiger partial charge in [-0.2, -0.15) is 9.47 Å². The van der Waals surface area contributed by atoms with Gasteiger partial charge in [0, 0.05) is 34.7 Å². The van der Waals surface area contributed by atoms with Crippen LogP contribution in [0, 0.1) is 6.92 Å². The Bertz CT molecular complexity index is 597. The van der Waals surface area contributed by atoms with Crippen molar-refractivity contribution in [2.75, 3.05) is 5.32 Å². The molecule has 2 amide bonds. The van der Waals surface area contributed by atoms with Crippen molar-refractivity contribution in [1.82, 2.24) is 24.9 Å². The summed E-state index contributed by atoms with van der Waals surface area (Å²) in [6.45, 7) is 8.41. The van der Waals surface area contributed by atoms with Crippen LogP contribution in [0.25, 0.3) is 0 Å². The van der Waals surface area contributed by atoms with Gasteiger partial charge in [0.1, 0.15) is 5.82 Å². The Hall–Kier alpha value is -1.96. The van der Waals surface area contributed by atoms with Crippen LogP contribution >= 0.6 is 11.5 Å². The first-order chi connectivity index (χ1) is 9.36. The van der Waals surface area contributed by atoms with Crippen molar-refractivity contribution >= 4 is 22.7 Å². The Morgan fingerprint density at radius 2 is 2.20 bits per heavy atom. The summed E-state index contributed by atoms with van der Waals surface area (Å²) in [6, 6.07) is -0.304. The Morgan fingerprint density at radius 1 is 1.45 bits per heavy atom. The fourth-order valence-corrected chi connectivity index (χ4v) is 2.20. The van der Waals surface area contributed by atoms with Gasteiger partial charge < -0.3 is 5.32 Å². The number of anilines is 1. The zero-order chi connectivity index (χ0) is 14.8. The molecule has 0 aromatic carbocycles. The molecule has 0 fully saturated rings. The minimum Gasteiger partial charge on any atom is -0.334 e. The summed E-state index contributed by atoms with van der Waals surface area (Å²) in [5.74, 6) is 0.725. The molecule has 108 valence electrons. The van der Waals surface area contributed by atoms with Gasteiger partial charge >= 0.3 is 6.03 Å². The highest BCUT2D eigenvalue weighted by Crippen LogP contribution is 2.22. The van der Waals surface area contributed by atoms with Crippen LogP contribution in [-0.2, 0) is 12.0 Å². The molecule has 2 heterocycles. The predicted molar refractivity (Wildman–Crippen MR) is 77.8 cm³/mol. The molecule has 8 heteroatoms. The third-order valence-electron chi connectivity index (χ3n) is 2.69. The Balaban J connectivity index is 1.89. The molecule has 0 aliphatic rings. The van der Waals surface area contributed by atoms with E-state index in [0.29, 0.717) is 11.7 Å². The molecule has 2 rings (SSSR count). The van der Waals surface area contributed by atoms with Crippen molar-refractivity contribution in [2.24, 2.45) is 0 Å². The molecule has 0 saturated heterocycles. The van der Waals surface area contributed by atoms with Crippen molar-refractivity contribution in [2.45, 2.75) is 39.7 Å². The molecule has 20 heavy (non-hydrogen) atoms. The van der Waals surface area contributed by atoms with Crippen LogP contribution in [0.2, 0.25) is 0 Å². The van der Waals surface area contributed by atoms with Crippen LogP contribution in [0.4, 0.5) is 9.93 Å². The number of rotatable bonds is 3. The van der Waals surface area contributed by atoms with E-state index >= 15 is 0 Å². The van der Waals surface area contributed by atoms with E-state index in [0.717, 1.165) is 17.1 Å². The number of aromatic nitrogens is 4. The van der Waals surface area contributed by atoms with E-state index in [4.69, 9.17) is 0 Å². The summed E-state index contributed by atoms with van der Waals surface area (Å²) in [5, 5.41) is 12.6. The number of nitrogens with one attached hydrogen (secondary N) is 3. The van der Waals surface area contributed by atoms with Crippen LogP contribution < -0.4 is 10.6 Å². The monoisotopic (exact) mass is 294 g/mol. The lowest BCUT2D eigenvalue weighted by molar-refractivity contribution is 0.251. The number of hydrogen-bond donors (Lipinski definition) is 3. The highest BCUT2D eigenvalue weighted by molar-refractivity contribution is 7.09. The van der Waals surface area contributed by atoms with Gasteiger partial charge in [-0.15, -0.1) is 0 Å². The number of carbonyl (C=O) groups excluding carboxylic acids is 1. The van der Waals surface area contributed by atoms with Crippen LogP contribution in [0.15, 0.2) is 6.20 Å². The van der Waals surface area contributed by atoms with E-state index in [1.807, 2.05) is 27.7 Å². The van der Waals surface area contributed by atoms with Crippen LogP contribution in [0.3, 0.4) is 0 Å². The summed E-state index contributed by atoms with van der Waals surface area (Å²) >= 11 is 1.18. The molecule has 2 aromatic heterocycles. The molecule has 0 aliphatic heterocycles. The number of H-pyrrole nitrogens is 1. The zero-order valence-electron chi connectivity index (χ0n) is 11.9. The fraction of sp³-hybridized carbons (Fsp3) is 0.500. The molecule has 7 nitrogen and oxygen atoms in total. The van der Waals surface area contributed by atoms with E-state index < -0.39 is 0 Å². The highest BCUT2D eigenvalue weighted by Gasteiger charge is 2.20. The van der Waals surface area contributed by atoms with E-state index in [-0.39, 0.29) is 11.4 Å². The quantitative estimate of drug-likeness (QED) is 0.808. The number of carbonyl (C=O) groups is 1. The van der Waals surface area contributed by atoms with Crippen LogP contribution in [0.5, 0.6) is 0 Å². The average Bonchev–Trinajstić information content (AvgIpc) is 2.95. The Morgan fingerprint density at radius 3 is 2.75 bits per heavy atom. The van der Waals surface area contributed by atoms with Gasteiger partial charge in [0.15, 0.2) is 0 Å². The number of aryl methyl sites for hydroxylation is 1. The van der Waals surface area contributed by atoms with Gasteiger partial charge in [0.2, 0.25) is 5.13 Å². The van der Waals surface area contributed by atoms with Crippen molar-refractivity contribution in [1.29, 1.82) is 0 Å². The minimum atomic E-state index is -0.304. The van der Waals surface area contributed by atoms with Crippen LogP contribution in [0.1, 0.15) is 37.9 Å². The van der Waals surface area contributed by atoms with Gasteiger partial charge in [-0.3, -0.25) is 10.4 Å². The minimum absolute atomic E-state index is 0.124. The number of aromatic amines is 1. The SMILES string of the molecule is Cc1[nH]ncc1CNC(=O)Nc1nc(C(C)(C)C)ns1. The van der Waals surface area contributed by atoms with Gasteiger partial charge in [0.05, 0.1) is 6.20 Å². The lowest BCUT2D eigenvalue weighted by Crippen LogP contribution is -2.28. The molecule has 0 bridgehead atoms. The largest absolute Gasteiger partial charge is 0.334 e. The molecule has 0 radical (unpaired) electrons. The summed E-state index contributed by atoms with van der Waals surface area (Å²) in [4.78, 5) is 16.1. The second-order valence-electron chi connectivity index (χ2n) is 5.50. The maximum Gasteiger partial charge on any atom is 0.321 e. The summed E-state index contributed by atoms with van der Waals surface area (Å²) in [5.41, 5.74) is 1.77. The fourth-order valence-electron chi connectivity index (χ4n) is 1.45. The number of amides is 2. The maximum absolute atomic E-state index is 11.8. The van der Waals surface area contributed by atoms with Gasteiger partial charge in [-0.25, -0.2) is 9.78 Å². The zero-order valence-corrected chi connectivity index (χ0v) is 12.8. The summed E-state index contributed by atoms with van der Waals surface area (Å²) in [6.07, 6.45) is 1.69. The first-order valence-electron chi connectivity index (χ1n) is 6.24. The van der Waals surface area contributed by atoms with Crippen molar-refractivity contribution in [3.63, 3.8) is 0 Å². The van der Waals surface area contributed by atoms with E-state index in [1.54, 1.807) is 6.20 Å². The smallest absolute Gasteiger partial charge is 0.321 e. The van der Waals surface area contributed by atoms with Crippen molar-refractivity contribution < 1.29 is 4.79 Å². The molecule has 0 spiro atoms. The van der Waals surface area contributed by atoms with Gasteiger partial charge in [-0.05, 0) is 6.92 Å². The first kappa shape index (κ1) is 14.4. The molecule has 0 saturated carbocycles. The second kappa shape index (κ2) is 5.58. The molecular weight excluding hydrogens is 276 g/mol. The van der Waals surface area contributed by atoms with Crippen molar-refractivity contribution in [3.8, 4) is 0 Å². The third-order valence-corrected chi connectivity index (χ3v) is 3.32. The molecule has 2 aromatic rings.